The fourth-order valence-electron chi connectivity index (χ4n) is 0.946. The molecule has 0 heterocycles. The quantitative estimate of drug-likeness (QED) is 0.474. The fraction of sp³-hybridized carbons (Fsp3) is 0.200. The molecule has 0 bridgehead atoms. The van der Waals surface area contributed by atoms with Gasteiger partial charge in [-0.25, -0.2) is 4.79 Å². The molecule has 1 N–H and O–H groups in total. The van der Waals surface area contributed by atoms with E-state index in [9.17, 15) is 14.9 Å². The maximum absolute atomic E-state index is 10.5. The SMILES string of the molecule is C[C@H](O/N=C\c1cccc([N+](=O)[O-])c1)C(=O)O. The maximum atomic E-state index is 10.5. The minimum Gasteiger partial charge on any atom is -0.478 e. The fourth-order valence-corrected chi connectivity index (χ4v) is 0.946. The zero-order valence-corrected chi connectivity index (χ0v) is 8.94. The zero-order chi connectivity index (χ0) is 12.8. The lowest BCUT2D eigenvalue weighted by Crippen LogP contribution is -2.17. The highest BCUT2D eigenvalue weighted by Gasteiger charge is 2.10. The second-order valence-corrected chi connectivity index (χ2v) is 3.17. The second-order valence-electron chi connectivity index (χ2n) is 3.17. The van der Waals surface area contributed by atoms with Gasteiger partial charge < -0.3 is 9.94 Å². The second kappa shape index (κ2) is 5.59. The van der Waals surface area contributed by atoms with Gasteiger partial charge in [0.15, 0.2) is 0 Å². The Hall–Kier alpha value is -2.44. The van der Waals surface area contributed by atoms with E-state index < -0.39 is 17.0 Å². The van der Waals surface area contributed by atoms with Crippen molar-refractivity contribution in [3.05, 3.63) is 39.9 Å². The summed E-state index contributed by atoms with van der Waals surface area (Å²) in [6.45, 7) is 1.33. The molecule has 0 aliphatic rings. The predicted molar refractivity (Wildman–Crippen MR) is 58.9 cm³/mol. The first kappa shape index (κ1) is 12.6. The van der Waals surface area contributed by atoms with Crippen LogP contribution in [-0.2, 0) is 9.63 Å². The number of aliphatic carboxylic acids is 1. The van der Waals surface area contributed by atoms with E-state index in [-0.39, 0.29) is 5.69 Å². The van der Waals surface area contributed by atoms with Crippen LogP contribution >= 0.6 is 0 Å². The van der Waals surface area contributed by atoms with Crippen LogP contribution in [0.4, 0.5) is 5.69 Å². The van der Waals surface area contributed by atoms with Gasteiger partial charge in [-0.15, -0.1) is 0 Å². The van der Waals surface area contributed by atoms with Gasteiger partial charge in [-0.05, 0) is 6.92 Å². The summed E-state index contributed by atoms with van der Waals surface area (Å²) in [7, 11) is 0. The maximum Gasteiger partial charge on any atom is 0.347 e. The minimum absolute atomic E-state index is 0.0692. The topological polar surface area (TPSA) is 102 Å². The number of non-ortho nitro benzene ring substituents is 1. The Kier molecular flexibility index (Phi) is 4.15. The first-order valence-corrected chi connectivity index (χ1v) is 4.67. The van der Waals surface area contributed by atoms with Crippen LogP contribution in [0, 0.1) is 10.1 Å². The van der Waals surface area contributed by atoms with E-state index in [0.29, 0.717) is 5.56 Å². The van der Waals surface area contributed by atoms with Gasteiger partial charge in [0.05, 0.1) is 11.1 Å². The molecule has 0 aromatic heterocycles. The zero-order valence-electron chi connectivity index (χ0n) is 8.94. The van der Waals surface area contributed by atoms with Gasteiger partial charge in [0, 0.05) is 17.7 Å². The third-order valence-electron chi connectivity index (χ3n) is 1.85. The van der Waals surface area contributed by atoms with E-state index in [2.05, 4.69) is 9.99 Å². The number of nitrogens with zero attached hydrogens (tertiary/aromatic N) is 2. The molecule has 0 aliphatic heterocycles. The molecule has 17 heavy (non-hydrogen) atoms. The Balaban J connectivity index is 2.68. The Morgan fingerprint density at radius 1 is 1.65 bits per heavy atom. The van der Waals surface area contributed by atoms with E-state index in [4.69, 9.17) is 5.11 Å². The van der Waals surface area contributed by atoms with E-state index >= 15 is 0 Å². The highest BCUT2D eigenvalue weighted by Crippen LogP contribution is 2.11. The van der Waals surface area contributed by atoms with Gasteiger partial charge in [0.2, 0.25) is 6.10 Å². The number of hydrogen-bond acceptors (Lipinski definition) is 5. The first-order chi connectivity index (χ1) is 8.00. The highest BCUT2D eigenvalue weighted by atomic mass is 16.6. The number of rotatable bonds is 5. The first-order valence-electron chi connectivity index (χ1n) is 4.67. The number of carboxylic acids is 1. The van der Waals surface area contributed by atoms with E-state index in [1.807, 2.05) is 0 Å². The lowest BCUT2D eigenvalue weighted by molar-refractivity contribution is -0.384. The molecule has 1 aromatic carbocycles. The summed E-state index contributed by atoms with van der Waals surface area (Å²) >= 11 is 0. The normalized spacial score (nSPS) is 12.3. The van der Waals surface area contributed by atoms with Crippen LogP contribution in [0.25, 0.3) is 0 Å². The van der Waals surface area contributed by atoms with Gasteiger partial charge >= 0.3 is 5.97 Å². The molecule has 0 aliphatic carbocycles. The number of oxime groups is 1. The van der Waals surface area contributed by atoms with Crippen LogP contribution < -0.4 is 0 Å². The van der Waals surface area contributed by atoms with Gasteiger partial charge in [-0.1, -0.05) is 17.3 Å². The average Bonchev–Trinajstić information content (AvgIpc) is 2.29. The van der Waals surface area contributed by atoms with Gasteiger partial charge in [0.1, 0.15) is 0 Å². The predicted octanol–water partition coefficient (Wildman–Crippen LogP) is 1.42. The summed E-state index contributed by atoms with van der Waals surface area (Å²) in [5.74, 6) is -1.14. The summed E-state index contributed by atoms with van der Waals surface area (Å²) in [4.78, 5) is 25.0. The number of nitro benzene ring substituents is 1. The summed E-state index contributed by atoms with van der Waals surface area (Å²) < 4.78 is 0. The van der Waals surface area contributed by atoms with E-state index in [0.717, 1.165) is 0 Å². The minimum atomic E-state index is -1.14. The summed E-state index contributed by atoms with van der Waals surface area (Å²) in [6, 6.07) is 5.74. The molecule has 0 amide bonds. The third-order valence-corrected chi connectivity index (χ3v) is 1.85. The molecule has 0 spiro atoms. The van der Waals surface area contributed by atoms with Crippen molar-refractivity contribution in [2.45, 2.75) is 13.0 Å². The molecule has 0 saturated carbocycles. The van der Waals surface area contributed by atoms with Crippen LogP contribution in [0.1, 0.15) is 12.5 Å². The lowest BCUT2D eigenvalue weighted by Gasteiger charge is -2.02. The standard InChI is InChI=1S/C10H10N2O5/c1-7(10(13)14)17-11-6-8-3-2-4-9(5-8)12(15)16/h2-7H,1H3,(H,13,14)/b11-6-/t7-/m0/s1. The highest BCUT2D eigenvalue weighted by molar-refractivity contribution is 5.80. The lowest BCUT2D eigenvalue weighted by atomic mass is 10.2. The number of carbonyl (C=O) groups is 1. The summed E-state index contributed by atoms with van der Waals surface area (Å²) in [5, 5.41) is 22.4. The molecular formula is C10H10N2O5. The Morgan fingerprint density at radius 3 is 2.94 bits per heavy atom. The van der Waals surface area contributed by atoms with Crippen molar-refractivity contribution in [2.24, 2.45) is 5.16 Å². The van der Waals surface area contributed by atoms with Gasteiger partial charge in [0.25, 0.3) is 5.69 Å². The van der Waals surface area contributed by atoms with E-state index in [1.54, 1.807) is 6.07 Å². The van der Waals surface area contributed by atoms with Gasteiger partial charge in [-0.2, -0.15) is 0 Å². The van der Waals surface area contributed by atoms with Crippen molar-refractivity contribution >= 4 is 17.9 Å². The van der Waals surface area contributed by atoms with Crippen molar-refractivity contribution in [3.63, 3.8) is 0 Å². The largest absolute Gasteiger partial charge is 0.478 e. The molecule has 1 atom stereocenters. The van der Waals surface area contributed by atoms with Gasteiger partial charge in [-0.3, -0.25) is 10.1 Å². The number of benzene rings is 1. The Labute approximate surface area is 96.5 Å². The van der Waals surface area contributed by atoms with Crippen molar-refractivity contribution in [1.82, 2.24) is 0 Å². The van der Waals surface area contributed by atoms with Crippen molar-refractivity contribution < 1.29 is 19.7 Å². The average molecular weight is 238 g/mol. The molecule has 0 fully saturated rings. The molecule has 0 unspecified atom stereocenters. The van der Waals surface area contributed by atoms with Crippen molar-refractivity contribution in [1.29, 1.82) is 0 Å². The summed E-state index contributed by atoms with van der Waals surface area (Å²) in [5.41, 5.74) is 0.386. The number of hydrogen-bond donors (Lipinski definition) is 1. The molecule has 90 valence electrons. The van der Waals surface area contributed by atoms with Crippen LogP contribution in [0.3, 0.4) is 0 Å². The number of nitro groups is 1. The van der Waals surface area contributed by atoms with Crippen molar-refractivity contribution in [3.8, 4) is 0 Å². The third kappa shape index (κ3) is 3.90. The smallest absolute Gasteiger partial charge is 0.347 e. The summed E-state index contributed by atoms with van der Waals surface area (Å²) in [6.07, 6.45) is 0.150. The Bertz CT molecular complexity index is 458. The van der Waals surface area contributed by atoms with Crippen LogP contribution in [0.2, 0.25) is 0 Å². The molecule has 1 aromatic rings. The van der Waals surface area contributed by atoms with Crippen LogP contribution in [-0.4, -0.2) is 28.3 Å². The molecule has 0 radical (unpaired) electrons. The van der Waals surface area contributed by atoms with Crippen LogP contribution in [0.5, 0.6) is 0 Å². The molecular weight excluding hydrogens is 228 g/mol. The molecule has 7 nitrogen and oxygen atoms in total. The number of carboxylic acid groups (broad SMARTS) is 1. The van der Waals surface area contributed by atoms with Crippen molar-refractivity contribution in [2.75, 3.05) is 0 Å². The Morgan fingerprint density at radius 2 is 2.35 bits per heavy atom. The van der Waals surface area contributed by atoms with Crippen LogP contribution in [0.15, 0.2) is 29.4 Å². The van der Waals surface area contributed by atoms with E-state index in [1.165, 1.54) is 31.3 Å². The molecule has 7 heteroatoms. The molecule has 1 rings (SSSR count). The monoisotopic (exact) mass is 238 g/mol. The molecule has 0 saturated heterocycles.